The van der Waals surface area contributed by atoms with Crippen LogP contribution in [-0.4, -0.2) is 36.9 Å². The van der Waals surface area contributed by atoms with Crippen LogP contribution in [0.3, 0.4) is 0 Å². The monoisotopic (exact) mass is 372 g/mol. The molecule has 3 heterocycles. The number of halogens is 1. The lowest BCUT2D eigenvalue weighted by atomic mass is 10.2. The van der Waals surface area contributed by atoms with E-state index in [0.29, 0.717) is 49.9 Å². The summed E-state index contributed by atoms with van der Waals surface area (Å²) in [4.78, 5) is 32.7. The molecule has 0 aliphatic rings. The van der Waals surface area contributed by atoms with E-state index in [1.165, 1.54) is 16.8 Å². The van der Waals surface area contributed by atoms with Crippen LogP contribution in [-0.2, 0) is 19.5 Å². The van der Waals surface area contributed by atoms with Gasteiger partial charge in [-0.3, -0.25) is 18.5 Å². The Kier molecular flexibility index (Phi) is 5.95. The van der Waals surface area contributed by atoms with Gasteiger partial charge in [-0.25, -0.2) is 14.6 Å². The predicted molar refractivity (Wildman–Crippen MR) is 98.7 cm³/mol. The van der Waals surface area contributed by atoms with E-state index in [4.69, 9.17) is 0 Å². The van der Waals surface area contributed by atoms with Crippen molar-refractivity contribution < 1.29 is 14.3 Å². The summed E-state index contributed by atoms with van der Waals surface area (Å²) in [6.07, 6.45) is 5.27. The van der Waals surface area contributed by atoms with Gasteiger partial charge >= 0.3 is 11.7 Å². The minimum Gasteiger partial charge on any atom is -0.478 e. The summed E-state index contributed by atoms with van der Waals surface area (Å²) in [5, 5.41) is 9.23. The van der Waals surface area contributed by atoms with Crippen molar-refractivity contribution in [3.63, 3.8) is 0 Å². The number of aryl methyl sites for hydroxylation is 3. The fraction of sp³-hybridized carbons (Fsp3) is 0.368. The molecule has 0 amide bonds. The molecule has 0 aromatic carbocycles. The summed E-state index contributed by atoms with van der Waals surface area (Å²) in [6, 6.07) is 7.07. The third-order valence-corrected chi connectivity index (χ3v) is 4.44. The molecule has 7 nitrogen and oxygen atoms in total. The van der Waals surface area contributed by atoms with Gasteiger partial charge in [0.1, 0.15) is 0 Å². The van der Waals surface area contributed by atoms with Crippen molar-refractivity contribution >= 4 is 17.1 Å². The second-order valence-corrected chi connectivity index (χ2v) is 6.28. The molecule has 0 fully saturated rings. The van der Waals surface area contributed by atoms with Crippen molar-refractivity contribution in [1.82, 2.24) is 19.1 Å². The van der Waals surface area contributed by atoms with Crippen LogP contribution in [0.2, 0.25) is 0 Å². The molecule has 0 spiro atoms. The zero-order chi connectivity index (χ0) is 19.2. The van der Waals surface area contributed by atoms with Gasteiger partial charge in [-0.2, -0.15) is 0 Å². The van der Waals surface area contributed by atoms with Gasteiger partial charge in [0.25, 0.3) is 0 Å². The van der Waals surface area contributed by atoms with E-state index in [1.807, 2.05) is 18.2 Å². The molecule has 27 heavy (non-hydrogen) atoms. The predicted octanol–water partition coefficient (Wildman–Crippen LogP) is 2.67. The highest BCUT2D eigenvalue weighted by Gasteiger charge is 2.16. The number of aromatic carboxylic acids is 1. The summed E-state index contributed by atoms with van der Waals surface area (Å²) in [6.45, 7) is 0.408. The fourth-order valence-electron chi connectivity index (χ4n) is 3.04. The van der Waals surface area contributed by atoms with Crippen molar-refractivity contribution in [3.8, 4) is 0 Å². The smallest absolute Gasteiger partial charge is 0.337 e. The van der Waals surface area contributed by atoms with Crippen LogP contribution in [0.4, 0.5) is 4.39 Å². The Morgan fingerprint density at radius 1 is 1.11 bits per heavy atom. The lowest BCUT2D eigenvalue weighted by Crippen LogP contribution is -2.25. The van der Waals surface area contributed by atoms with Crippen LogP contribution < -0.4 is 5.69 Å². The Morgan fingerprint density at radius 3 is 2.67 bits per heavy atom. The average Bonchev–Trinajstić information content (AvgIpc) is 2.95. The standard InChI is InChI=1S/C19H21FN4O3/c20-8-3-1-5-10-23-16-12-14(18(25)26)13-22-17(16)24(19(23)27)11-7-15-6-2-4-9-21-15/h2,4,6,9,12-13H,1,3,5,7-8,10-11H2,(H,25,26). The number of nitrogens with zero attached hydrogens (tertiary/aromatic N) is 4. The number of pyridine rings is 2. The van der Waals surface area contributed by atoms with Crippen molar-refractivity contribution in [1.29, 1.82) is 0 Å². The lowest BCUT2D eigenvalue weighted by Gasteiger charge is -2.03. The maximum absolute atomic E-state index is 12.9. The van der Waals surface area contributed by atoms with Crippen LogP contribution >= 0.6 is 0 Å². The van der Waals surface area contributed by atoms with Crippen LogP contribution in [0.1, 0.15) is 35.3 Å². The summed E-state index contributed by atoms with van der Waals surface area (Å²) >= 11 is 0. The minimum absolute atomic E-state index is 0.0295. The number of hydrogen-bond acceptors (Lipinski definition) is 4. The van der Waals surface area contributed by atoms with Gasteiger partial charge < -0.3 is 5.11 Å². The highest BCUT2D eigenvalue weighted by atomic mass is 19.1. The van der Waals surface area contributed by atoms with Crippen LogP contribution in [0.25, 0.3) is 11.2 Å². The first-order chi connectivity index (χ1) is 13.1. The average molecular weight is 372 g/mol. The van der Waals surface area contributed by atoms with E-state index < -0.39 is 5.97 Å². The Morgan fingerprint density at radius 2 is 1.96 bits per heavy atom. The molecule has 0 aliphatic heterocycles. The second-order valence-electron chi connectivity index (χ2n) is 6.28. The summed E-state index contributed by atoms with van der Waals surface area (Å²) in [7, 11) is 0. The van der Waals surface area contributed by atoms with Gasteiger partial charge in [-0.15, -0.1) is 0 Å². The molecular weight excluding hydrogens is 351 g/mol. The Hall–Kier alpha value is -3.03. The molecule has 0 saturated carbocycles. The van der Waals surface area contributed by atoms with Crippen molar-refractivity contribution in [2.45, 2.75) is 38.8 Å². The Balaban J connectivity index is 1.95. The number of carboxylic acids is 1. The topological polar surface area (TPSA) is 90.0 Å². The molecule has 142 valence electrons. The molecule has 3 aromatic heterocycles. The number of hydrogen-bond donors (Lipinski definition) is 1. The van der Waals surface area contributed by atoms with E-state index in [-0.39, 0.29) is 17.9 Å². The van der Waals surface area contributed by atoms with Gasteiger partial charge in [0, 0.05) is 37.6 Å². The normalized spacial score (nSPS) is 11.1. The summed E-state index contributed by atoms with van der Waals surface area (Å²) in [5.41, 5.74) is 1.58. The van der Waals surface area contributed by atoms with Crippen LogP contribution in [0, 0.1) is 0 Å². The van der Waals surface area contributed by atoms with Crippen LogP contribution in [0.15, 0.2) is 41.5 Å². The maximum Gasteiger partial charge on any atom is 0.337 e. The number of imidazole rings is 1. The fourth-order valence-corrected chi connectivity index (χ4v) is 3.04. The maximum atomic E-state index is 12.9. The zero-order valence-corrected chi connectivity index (χ0v) is 14.8. The van der Waals surface area contributed by atoms with E-state index in [0.717, 1.165) is 5.69 Å². The van der Waals surface area contributed by atoms with Crippen molar-refractivity contribution in [2.24, 2.45) is 0 Å². The second kappa shape index (κ2) is 8.57. The molecule has 8 heteroatoms. The highest BCUT2D eigenvalue weighted by molar-refractivity contribution is 5.90. The lowest BCUT2D eigenvalue weighted by molar-refractivity contribution is 0.0696. The molecule has 0 radical (unpaired) electrons. The number of carbonyl (C=O) groups is 1. The van der Waals surface area contributed by atoms with Gasteiger partial charge in [0.15, 0.2) is 5.65 Å². The van der Waals surface area contributed by atoms with Crippen LogP contribution in [0.5, 0.6) is 0 Å². The molecule has 3 aromatic rings. The van der Waals surface area contributed by atoms with E-state index >= 15 is 0 Å². The number of carboxylic acid groups (broad SMARTS) is 1. The number of fused-ring (bicyclic) bond motifs is 1. The summed E-state index contributed by atoms with van der Waals surface area (Å²) in [5.74, 6) is -1.10. The number of alkyl halides is 1. The Bertz CT molecular complexity index is 982. The van der Waals surface area contributed by atoms with Gasteiger partial charge in [0.2, 0.25) is 0 Å². The highest BCUT2D eigenvalue weighted by Crippen LogP contribution is 2.15. The Labute approximate surface area is 155 Å². The SMILES string of the molecule is O=C(O)c1cnc2c(c1)n(CCCCCF)c(=O)n2CCc1ccccn1. The molecule has 3 rings (SSSR count). The first-order valence-electron chi connectivity index (χ1n) is 8.90. The number of aromatic nitrogens is 4. The van der Waals surface area contributed by atoms with Gasteiger partial charge in [-0.1, -0.05) is 6.07 Å². The van der Waals surface area contributed by atoms with E-state index in [9.17, 15) is 19.1 Å². The zero-order valence-electron chi connectivity index (χ0n) is 14.8. The van der Waals surface area contributed by atoms with E-state index in [2.05, 4.69) is 9.97 Å². The number of unbranched alkanes of at least 4 members (excludes halogenated alkanes) is 2. The molecular formula is C19H21FN4O3. The van der Waals surface area contributed by atoms with E-state index in [1.54, 1.807) is 10.8 Å². The molecule has 0 aliphatic carbocycles. The first kappa shape index (κ1) is 18.8. The quantitative estimate of drug-likeness (QED) is 0.583. The third kappa shape index (κ3) is 4.21. The van der Waals surface area contributed by atoms with Gasteiger partial charge in [0.05, 0.1) is 17.8 Å². The van der Waals surface area contributed by atoms with Crippen molar-refractivity contribution in [3.05, 3.63) is 58.4 Å². The van der Waals surface area contributed by atoms with Gasteiger partial charge in [-0.05, 0) is 37.5 Å². The third-order valence-electron chi connectivity index (χ3n) is 4.44. The van der Waals surface area contributed by atoms with Crippen molar-refractivity contribution in [2.75, 3.05) is 6.67 Å². The number of rotatable bonds is 9. The largest absolute Gasteiger partial charge is 0.478 e. The molecule has 1 N–H and O–H groups in total. The summed E-state index contributed by atoms with van der Waals surface area (Å²) < 4.78 is 15.4. The molecule has 0 unspecified atom stereocenters. The molecule has 0 saturated heterocycles. The minimum atomic E-state index is -1.10. The first-order valence-corrected chi connectivity index (χ1v) is 8.90. The molecule has 0 bridgehead atoms. The molecule has 0 atom stereocenters.